The van der Waals surface area contributed by atoms with Crippen molar-refractivity contribution >= 4 is 5.78 Å². The first kappa shape index (κ1) is 12.6. The zero-order valence-corrected chi connectivity index (χ0v) is 11.1. The number of piperidine rings is 1. The molecule has 2 heterocycles. The third-order valence-corrected chi connectivity index (χ3v) is 5.08. The molecule has 0 aromatic carbocycles. The molecule has 0 amide bonds. The molecule has 4 heteroatoms. The SMILES string of the molecule is O=C(C1CCCC1)C1CNCCC12CNCCN2. The summed E-state index contributed by atoms with van der Waals surface area (Å²) in [6.45, 7) is 4.87. The van der Waals surface area contributed by atoms with Crippen LogP contribution in [0.3, 0.4) is 0 Å². The Morgan fingerprint density at radius 2 is 1.89 bits per heavy atom. The standard InChI is InChI=1S/C14H25N3O/c18-13(11-3-1-2-4-11)12-9-15-6-5-14(12)10-16-7-8-17-14/h11-12,15-17H,1-10H2. The number of ketones is 1. The van der Waals surface area contributed by atoms with Gasteiger partial charge in [-0.2, -0.15) is 0 Å². The van der Waals surface area contributed by atoms with Crippen LogP contribution in [0.2, 0.25) is 0 Å². The van der Waals surface area contributed by atoms with Gasteiger partial charge in [-0.1, -0.05) is 12.8 Å². The van der Waals surface area contributed by atoms with Crippen LogP contribution >= 0.6 is 0 Å². The van der Waals surface area contributed by atoms with Crippen molar-refractivity contribution in [3.8, 4) is 0 Å². The van der Waals surface area contributed by atoms with Crippen LogP contribution in [-0.4, -0.2) is 44.0 Å². The predicted octanol–water partition coefficient (Wildman–Crippen LogP) is 0.287. The second kappa shape index (κ2) is 5.27. The van der Waals surface area contributed by atoms with Crippen molar-refractivity contribution in [3.05, 3.63) is 0 Å². The highest BCUT2D eigenvalue weighted by Crippen LogP contribution is 2.34. The topological polar surface area (TPSA) is 53.2 Å². The van der Waals surface area contributed by atoms with E-state index >= 15 is 0 Å². The summed E-state index contributed by atoms with van der Waals surface area (Å²) in [7, 11) is 0. The summed E-state index contributed by atoms with van der Waals surface area (Å²) in [6.07, 6.45) is 5.81. The van der Waals surface area contributed by atoms with Crippen LogP contribution in [0, 0.1) is 11.8 Å². The molecule has 0 bridgehead atoms. The second-order valence-corrected chi connectivity index (χ2v) is 6.15. The normalized spacial score (nSPS) is 38.1. The molecule has 3 rings (SSSR count). The van der Waals surface area contributed by atoms with E-state index in [1.807, 2.05) is 0 Å². The summed E-state index contributed by atoms with van der Waals surface area (Å²) >= 11 is 0. The molecule has 2 aliphatic heterocycles. The van der Waals surface area contributed by atoms with Crippen molar-refractivity contribution in [2.24, 2.45) is 11.8 Å². The monoisotopic (exact) mass is 251 g/mol. The zero-order valence-electron chi connectivity index (χ0n) is 11.1. The van der Waals surface area contributed by atoms with Gasteiger partial charge in [-0.25, -0.2) is 0 Å². The largest absolute Gasteiger partial charge is 0.316 e. The van der Waals surface area contributed by atoms with E-state index < -0.39 is 0 Å². The predicted molar refractivity (Wildman–Crippen MR) is 71.5 cm³/mol. The lowest BCUT2D eigenvalue weighted by molar-refractivity contribution is -0.130. The number of hydrogen-bond acceptors (Lipinski definition) is 4. The molecule has 3 N–H and O–H groups in total. The maximum absolute atomic E-state index is 12.8. The van der Waals surface area contributed by atoms with Crippen LogP contribution in [0.5, 0.6) is 0 Å². The van der Waals surface area contributed by atoms with Gasteiger partial charge in [-0.3, -0.25) is 4.79 Å². The molecule has 2 atom stereocenters. The Bertz CT molecular complexity index is 298. The Morgan fingerprint density at radius 1 is 1.06 bits per heavy atom. The Kier molecular flexibility index (Phi) is 3.68. The molecule has 0 aromatic heterocycles. The van der Waals surface area contributed by atoms with E-state index in [0.29, 0.717) is 11.7 Å². The Labute approximate surface area is 109 Å². The van der Waals surface area contributed by atoms with Gasteiger partial charge in [0.25, 0.3) is 0 Å². The average molecular weight is 251 g/mol. The van der Waals surface area contributed by atoms with Crippen molar-refractivity contribution in [1.82, 2.24) is 16.0 Å². The van der Waals surface area contributed by atoms with Crippen molar-refractivity contribution < 1.29 is 4.79 Å². The van der Waals surface area contributed by atoms with E-state index in [0.717, 1.165) is 52.0 Å². The highest BCUT2D eigenvalue weighted by Gasteiger charge is 2.46. The fraction of sp³-hybridized carbons (Fsp3) is 0.929. The van der Waals surface area contributed by atoms with Gasteiger partial charge in [0.2, 0.25) is 0 Å². The summed E-state index contributed by atoms with van der Waals surface area (Å²) in [4.78, 5) is 12.8. The molecule has 18 heavy (non-hydrogen) atoms. The third kappa shape index (κ3) is 2.22. The van der Waals surface area contributed by atoms with Crippen LogP contribution in [0.25, 0.3) is 0 Å². The fourth-order valence-corrected chi connectivity index (χ4v) is 3.99. The van der Waals surface area contributed by atoms with Crippen molar-refractivity contribution in [1.29, 1.82) is 0 Å². The number of piperazine rings is 1. The number of carbonyl (C=O) groups is 1. The van der Waals surface area contributed by atoms with Gasteiger partial charge in [0.05, 0.1) is 0 Å². The molecule has 4 nitrogen and oxygen atoms in total. The minimum Gasteiger partial charge on any atom is -0.316 e. The van der Waals surface area contributed by atoms with E-state index in [1.165, 1.54) is 12.8 Å². The van der Waals surface area contributed by atoms with Crippen LogP contribution in [-0.2, 0) is 4.79 Å². The van der Waals surface area contributed by atoms with E-state index in [4.69, 9.17) is 0 Å². The summed E-state index contributed by atoms with van der Waals surface area (Å²) < 4.78 is 0. The summed E-state index contributed by atoms with van der Waals surface area (Å²) in [5, 5.41) is 10.6. The molecule has 0 aromatic rings. The first-order valence-electron chi connectivity index (χ1n) is 7.52. The van der Waals surface area contributed by atoms with Gasteiger partial charge < -0.3 is 16.0 Å². The van der Waals surface area contributed by atoms with Gasteiger partial charge in [-0.05, 0) is 25.8 Å². The number of hydrogen-bond donors (Lipinski definition) is 3. The van der Waals surface area contributed by atoms with Crippen LogP contribution in [0.4, 0.5) is 0 Å². The number of rotatable bonds is 2. The molecule has 1 saturated carbocycles. The maximum atomic E-state index is 12.8. The van der Waals surface area contributed by atoms with E-state index in [1.54, 1.807) is 0 Å². The summed E-state index contributed by atoms with van der Waals surface area (Å²) in [5.74, 6) is 1.04. The van der Waals surface area contributed by atoms with Crippen molar-refractivity contribution in [2.75, 3.05) is 32.7 Å². The molecule has 2 saturated heterocycles. The molecule has 102 valence electrons. The molecule has 2 unspecified atom stereocenters. The average Bonchev–Trinajstić information content (AvgIpc) is 2.93. The van der Waals surface area contributed by atoms with Gasteiger partial charge in [0, 0.05) is 43.6 Å². The number of Topliss-reactive ketones (excluding diaryl/α,β-unsaturated/α-hetero) is 1. The number of nitrogens with one attached hydrogen (secondary N) is 3. The molecule has 3 fully saturated rings. The Hall–Kier alpha value is -0.450. The summed E-state index contributed by atoms with van der Waals surface area (Å²) in [6, 6.07) is 0. The van der Waals surface area contributed by atoms with E-state index in [2.05, 4.69) is 16.0 Å². The van der Waals surface area contributed by atoms with Crippen LogP contribution < -0.4 is 16.0 Å². The lowest BCUT2D eigenvalue weighted by atomic mass is 9.72. The van der Waals surface area contributed by atoms with Crippen molar-refractivity contribution in [2.45, 2.75) is 37.6 Å². The molecule has 1 aliphatic carbocycles. The third-order valence-electron chi connectivity index (χ3n) is 5.08. The first-order valence-corrected chi connectivity index (χ1v) is 7.52. The quantitative estimate of drug-likeness (QED) is 0.660. The van der Waals surface area contributed by atoms with E-state index in [-0.39, 0.29) is 11.5 Å². The lowest BCUT2D eigenvalue weighted by Gasteiger charge is -2.47. The highest BCUT2D eigenvalue weighted by atomic mass is 16.1. The molecule has 0 radical (unpaired) electrons. The van der Waals surface area contributed by atoms with Crippen molar-refractivity contribution in [3.63, 3.8) is 0 Å². The maximum Gasteiger partial charge on any atom is 0.142 e. The molecular weight excluding hydrogens is 226 g/mol. The number of carbonyl (C=O) groups excluding carboxylic acids is 1. The van der Waals surface area contributed by atoms with Gasteiger partial charge in [0.1, 0.15) is 5.78 Å². The smallest absolute Gasteiger partial charge is 0.142 e. The highest BCUT2D eigenvalue weighted by molar-refractivity contribution is 5.85. The zero-order chi connectivity index (χ0) is 12.4. The Morgan fingerprint density at radius 3 is 2.61 bits per heavy atom. The van der Waals surface area contributed by atoms with E-state index in [9.17, 15) is 4.79 Å². The van der Waals surface area contributed by atoms with Gasteiger partial charge in [0.15, 0.2) is 0 Å². The molecule has 3 aliphatic rings. The minimum atomic E-state index is 0.0309. The fourth-order valence-electron chi connectivity index (χ4n) is 3.99. The van der Waals surface area contributed by atoms with Gasteiger partial charge >= 0.3 is 0 Å². The Balaban J connectivity index is 1.76. The van der Waals surface area contributed by atoms with Crippen LogP contribution in [0.1, 0.15) is 32.1 Å². The first-order chi connectivity index (χ1) is 8.82. The van der Waals surface area contributed by atoms with Crippen LogP contribution in [0.15, 0.2) is 0 Å². The second-order valence-electron chi connectivity index (χ2n) is 6.15. The molecular formula is C14H25N3O. The molecule has 1 spiro atoms. The summed E-state index contributed by atoms with van der Waals surface area (Å²) in [5.41, 5.74) is 0.0309. The van der Waals surface area contributed by atoms with Gasteiger partial charge in [-0.15, -0.1) is 0 Å². The lowest BCUT2D eigenvalue weighted by Crippen LogP contribution is -2.69. The minimum absolute atomic E-state index is 0.0309.